The molecule has 7 heteroatoms. The summed E-state index contributed by atoms with van der Waals surface area (Å²) < 4.78 is 1.84. The van der Waals surface area contributed by atoms with Gasteiger partial charge in [0.1, 0.15) is 6.04 Å². The summed E-state index contributed by atoms with van der Waals surface area (Å²) in [6.07, 6.45) is 0. The van der Waals surface area contributed by atoms with Crippen LogP contribution in [0, 0.1) is 6.92 Å². The highest BCUT2D eigenvalue weighted by atomic mass is 16.1. The number of aromatic nitrogens is 5. The number of rotatable bonds is 8. The Morgan fingerprint density at radius 1 is 0.900 bits per heavy atom. The second kappa shape index (κ2) is 11.2. The SMILES string of the molecule is Cc1ccc2cc([C@@H](c3nnnn3C(C)(C)C)N(Cc3ccccc3)Cc3ccc(C(C)C)cc3)c(=O)[nH]c2c1. The largest absolute Gasteiger partial charge is 0.322 e. The summed E-state index contributed by atoms with van der Waals surface area (Å²) in [5, 5.41) is 14.0. The van der Waals surface area contributed by atoms with Crippen molar-refractivity contribution in [3.8, 4) is 0 Å². The van der Waals surface area contributed by atoms with E-state index in [4.69, 9.17) is 0 Å². The molecule has 0 saturated heterocycles. The first-order valence-electron chi connectivity index (χ1n) is 13.9. The molecule has 0 amide bonds. The first-order valence-corrected chi connectivity index (χ1v) is 13.9. The summed E-state index contributed by atoms with van der Waals surface area (Å²) in [5.41, 5.74) is 5.62. The van der Waals surface area contributed by atoms with E-state index in [1.807, 2.05) is 41.9 Å². The number of H-pyrrole nitrogens is 1. The maximum absolute atomic E-state index is 13.8. The number of nitrogens with zero attached hydrogens (tertiary/aromatic N) is 5. The van der Waals surface area contributed by atoms with E-state index in [1.165, 1.54) is 5.56 Å². The molecular formula is C33H38N6O. The molecule has 0 aliphatic carbocycles. The molecule has 0 saturated carbocycles. The number of hydrogen-bond donors (Lipinski definition) is 1. The fourth-order valence-corrected chi connectivity index (χ4v) is 5.18. The lowest BCUT2D eigenvalue weighted by Gasteiger charge is -2.33. The molecule has 5 aromatic rings. The number of fused-ring (bicyclic) bond motifs is 1. The number of aromatic amines is 1. The van der Waals surface area contributed by atoms with Crippen molar-refractivity contribution >= 4 is 10.9 Å². The molecular weight excluding hydrogens is 496 g/mol. The van der Waals surface area contributed by atoms with Crippen LogP contribution in [-0.2, 0) is 18.6 Å². The van der Waals surface area contributed by atoms with Crippen molar-refractivity contribution in [1.29, 1.82) is 0 Å². The third-order valence-electron chi connectivity index (χ3n) is 7.32. The van der Waals surface area contributed by atoms with Crippen molar-refractivity contribution in [2.45, 2.75) is 72.1 Å². The van der Waals surface area contributed by atoms with Crippen LogP contribution in [0.25, 0.3) is 10.9 Å². The van der Waals surface area contributed by atoms with Gasteiger partial charge < -0.3 is 4.98 Å². The van der Waals surface area contributed by atoms with Crippen LogP contribution in [0.2, 0.25) is 0 Å². The van der Waals surface area contributed by atoms with E-state index >= 15 is 0 Å². The van der Waals surface area contributed by atoms with Crippen molar-refractivity contribution in [2.24, 2.45) is 0 Å². The van der Waals surface area contributed by atoms with Gasteiger partial charge >= 0.3 is 0 Å². The molecule has 0 aliphatic heterocycles. The van der Waals surface area contributed by atoms with Crippen LogP contribution >= 0.6 is 0 Å². The Morgan fingerprint density at radius 2 is 1.57 bits per heavy atom. The Hall–Kier alpha value is -4.10. The van der Waals surface area contributed by atoms with Crippen LogP contribution in [0.1, 0.15) is 80.2 Å². The Balaban J connectivity index is 1.70. The first-order chi connectivity index (χ1) is 19.1. The fourth-order valence-electron chi connectivity index (χ4n) is 5.18. The Bertz CT molecular complexity index is 1650. The van der Waals surface area contributed by atoms with Crippen LogP contribution in [0.3, 0.4) is 0 Å². The minimum atomic E-state index is -0.492. The zero-order valence-electron chi connectivity index (χ0n) is 24.2. The molecule has 5 rings (SSSR count). The Labute approximate surface area is 235 Å². The summed E-state index contributed by atoms with van der Waals surface area (Å²) in [4.78, 5) is 19.3. The summed E-state index contributed by atoms with van der Waals surface area (Å²) in [7, 11) is 0. The highest BCUT2D eigenvalue weighted by Crippen LogP contribution is 2.32. The molecule has 206 valence electrons. The molecule has 2 aromatic heterocycles. The van der Waals surface area contributed by atoms with E-state index in [1.54, 1.807) is 0 Å². The maximum atomic E-state index is 13.8. The van der Waals surface area contributed by atoms with Gasteiger partial charge in [0.05, 0.1) is 5.54 Å². The average molecular weight is 535 g/mol. The number of hydrogen-bond acceptors (Lipinski definition) is 5. The van der Waals surface area contributed by atoms with Crippen LogP contribution in [0.4, 0.5) is 0 Å². The van der Waals surface area contributed by atoms with Gasteiger partial charge in [-0.3, -0.25) is 9.69 Å². The number of aryl methyl sites for hydroxylation is 1. The van der Waals surface area contributed by atoms with Crippen molar-refractivity contribution < 1.29 is 0 Å². The third kappa shape index (κ3) is 5.89. The number of nitrogens with one attached hydrogen (secondary N) is 1. The monoisotopic (exact) mass is 534 g/mol. The van der Waals surface area contributed by atoms with Crippen molar-refractivity contribution in [1.82, 2.24) is 30.1 Å². The van der Waals surface area contributed by atoms with E-state index in [0.717, 1.165) is 27.6 Å². The van der Waals surface area contributed by atoms with Gasteiger partial charge in [-0.25, -0.2) is 4.68 Å². The molecule has 2 heterocycles. The van der Waals surface area contributed by atoms with Gasteiger partial charge in [-0.2, -0.15) is 0 Å². The molecule has 40 heavy (non-hydrogen) atoms. The molecule has 1 N–H and O–H groups in total. The predicted molar refractivity (Wildman–Crippen MR) is 160 cm³/mol. The number of benzene rings is 3. The Morgan fingerprint density at radius 3 is 2.23 bits per heavy atom. The molecule has 0 bridgehead atoms. The van der Waals surface area contributed by atoms with E-state index < -0.39 is 6.04 Å². The first kappa shape index (κ1) is 27.5. The highest BCUT2D eigenvalue weighted by Gasteiger charge is 2.33. The van der Waals surface area contributed by atoms with Crippen LogP contribution < -0.4 is 5.56 Å². The molecule has 1 atom stereocenters. The minimum absolute atomic E-state index is 0.139. The Kier molecular flexibility index (Phi) is 7.68. The standard InChI is InChI=1S/C33H38N6O/c1-22(2)26-16-13-25(14-17-26)21-38(20-24-10-8-7-9-11-24)30(31-35-36-37-39(31)33(4,5)6)28-19-27-15-12-23(3)18-29(27)34-32(28)40/h7-19,22,30H,20-21H2,1-6H3,(H,34,40)/t30-/m0/s1. The molecule has 0 aliphatic rings. The smallest absolute Gasteiger partial charge is 0.253 e. The third-order valence-corrected chi connectivity index (χ3v) is 7.32. The fraction of sp³-hybridized carbons (Fsp3) is 0.333. The molecule has 0 spiro atoms. The van der Waals surface area contributed by atoms with Gasteiger partial charge in [0.25, 0.3) is 5.56 Å². The normalized spacial score (nSPS) is 12.9. The van der Waals surface area contributed by atoms with Gasteiger partial charge in [-0.1, -0.05) is 80.6 Å². The van der Waals surface area contributed by atoms with Gasteiger partial charge in [0.15, 0.2) is 5.82 Å². The molecule has 0 fully saturated rings. The van der Waals surface area contributed by atoms with Gasteiger partial charge in [-0.05, 0) is 83.8 Å². The summed E-state index contributed by atoms with van der Waals surface area (Å²) >= 11 is 0. The quantitative estimate of drug-likeness (QED) is 0.246. The molecule has 7 nitrogen and oxygen atoms in total. The lowest BCUT2D eigenvalue weighted by Crippen LogP contribution is -2.37. The minimum Gasteiger partial charge on any atom is -0.322 e. The second-order valence-corrected chi connectivity index (χ2v) is 12.0. The highest BCUT2D eigenvalue weighted by molar-refractivity contribution is 5.79. The lowest BCUT2D eigenvalue weighted by molar-refractivity contribution is 0.184. The van der Waals surface area contributed by atoms with Gasteiger partial charge in [-0.15, -0.1) is 5.10 Å². The number of tetrazole rings is 1. The van der Waals surface area contributed by atoms with Gasteiger partial charge in [0.2, 0.25) is 0 Å². The maximum Gasteiger partial charge on any atom is 0.253 e. The van der Waals surface area contributed by atoms with Gasteiger partial charge in [0, 0.05) is 24.2 Å². The van der Waals surface area contributed by atoms with Crippen molar-refractivity contribution in [3.05, 3.63) is 123 Å². The van der Waals surface area contributed by atoms with Crippen LogP contribution in [0.5, 0.6) is 0 Å². The second-order valence-electron chi connectivity index (χ2n) is 12.0. The van der Waals surface area contributed by atoms with Crippen LogP contribution in [-0.4, -0.2) is 30.1 Å². The van der Waals surface area contributed by atoms with E-state index in [-0.39, 0.29) is 11.1 Å². The zero-order valence-corrected chi connectivity index (χ0v) is 24.2. The lowest BCUT2D eigenvalue weighted by atomic mass is 9.98. The molecule has 0 radical (unpaired) electrons. The summed E-state index contributed by atoms with van der Waals surface area (Å²) in [5.74, 6) is 1.10. The average Bonchev–Trinajstić information content (AvgIpc) is 3.40. The molecule has 3 aromatic carbocycles. The van der Waals surface area contributed by atoms with Crippen molar-refractivity contribution in [3.63, 3.8) is 0 Å². The zero-order chi connectivity index (χ0) is 28.4. The topological polar surface area (TPSA) is 79.7 Å². The molecule has 0 unspecified atom stereocenters. The van der Waals surface area contributed by atoms with E-state index in [2.05, 4.69) is 109 Å². The van der Waals surface area contributed by atoms with Crippen LogP contribution in [0.15, 0.2) is 83.7 Å². The summed E-state index contributed by atoms with van der Waals surface area (Å²) in [6.45, 7) is 13.9. The summed E-state index contributed by atoms with van der Waals surface area (Å²) in [6, 6.07) is 26.7. The predicted octanol–water partition coefficient (Wildman–Crippen LogP) is 6.49. The number of pyridine rings is 1. The van der Waals surface area contributed by atoms with Crippen molar-refractivity contribution in [2.75, 3.05) is 0 Å². The van der Waals surface area contributed by atoms with E-state index in [0.29, 0.717) is 30.4 Å². The van der Waals surface area contributed by atoms with E-state index in [9.17, 15) is 4.79 Å².